The van der Waals surface area contributed by atoms with E-state index in [0.29, 0.717) is 6.42 Å². The lowest BCUT2D eigenvalue weighted by Crippen LogP contribution is -2.41. The van der Waals surface area contributed by atoms with Gasteiger partial charge in [0, 0.05) is 5.57 Å². The molecule has 4 nitrogen and oxygen atoms in total. The first-order valence-corrected chi connectivity index (χ1v) is 5.14. The van der Waals surface area contributed by atoms with E-state index in [2.05, 4.69) is 11.3 Å². The predicted octanol–water partition coefficient (Wildman–Crippen LogP) is 1.57. The number of hydrogen-bond acceptors (Lipinski definition) is 4. The first-order chi connectivity index (χ1) is 6.81. The molecule has 15 heavy (non-hydrogen) atoms. The Bertz CT molecular complexity index is 233. The number of ether oxygens (including phenoxy) is 1. The van der Waals surface area contributed by atoms with Crippen LogP contribution in [0.5, 0.6) is 0 Å². The summed E-state index contributed by atoms with van der Waals surface area (Å²) in [7, 11) is 0. The molecule has 0 bridgehead atoms. The van der Waals surface area contributed by atoms with E-state index in [9.17, 15) is 15.0 Å². The minimum Gasteiger partial charge on any atom is -0.404 e. The van der Waals surface area contributed by atoms with Gasteiger partial charge in [0.15, 0.2) is 0 Å². The van der Waals surface area contributed by atoms with E-state index in [-0.39, 0.29) is 5.57 Å². The number of unbranched alkanes of at least 4 members (excludes halogenated alkanes) is 1. The second-order valence-electron chi connectivity index (χ2n) is 3.87. The van der Waals surface area contributed by atoms with Gasteiger partial charge in [0.1, 0.15) is 0 Å². The summed E-state index contributed by atoms with van der Waals surface area (Å²) < 4.78 is 4.53. The quantitative estimate of drug-likeness (QED) is 0.402. The van der Waals surface area contributed by atoms with Crippen LogP contribution in [0.25, 0.3) is 0 Å². The zero-order valence-corrected chi connectivity index (χ0v) is 9.62. The molecular formula is C11H20O4. The molecular weight excluding hydrogens is 196 g/mol. The Balaban J connectivity index is 4.26. The van der Waals surface area contributed by atoms with Gasteiger partial charge < -0.3 is 14.9 Å². The lowest BCUT2D eigenvalue weighted by atomic mass is 10.0. The molecule has 0 amide bonds. The molecule has 0 fully saturated rings. The average Bonchev–Trinajstić information content (AvgIpc) is 2.13. The fourth-order valence-electron chi connectivity index (χ4n) is 1.02. The lowest BCUT2D eigenvalue weighted by Gasteiger charge is -2.27. The van der Waals surface area contributed by atoms with Crippen LogP contribution in [0, 0.1) is 5.92 Å². The number of carbonyl (C=O) groups excluding carboxylic acids is 1. The molecule has 0 rings (SSSR count). The van der Waals surface area contributed by atoms with Gasteiger partial charge in [0.25, 0.3) is 0 Å². The minimum absolute atomic E-state index is 0.144. The van der Waals surface area contributed by atoms with Crippen molar-refractivity contribution in [2.24, 2.45) is 5.92 Å². The summed E-state index contributed by atoms with van der Waals surface area (Å²) in [6.45, 7) is 8.45. The normalized spacial score (nSPS) is 13.4. The van der Waals surface area contributed by atoms with Crippen molar-refractivity contribution in [3.8, 4) is 0 Å². The fraction of sp³-hybridized carbons (Fsp3) is 0.727. The number of rotatable bonds is 6. The monoisotopic (exact) mass is 216 g/mol. The van der Waals surface area contributed by atoms with Crippen molar-refractivity contribution in [1.29, 1.82) is 0 Å². The second-order valence-corrected chi connectivity index (χ2v) is 3.87. The number of aliphatic hydroxyl groups is 2. The Morgan fingerprint density at radius 2 is 2.07 bits per heavy atom. The summed E-state index contributed by atoms with van der Waals surface area (Å²) in [6.07, 6.45) is 2.40. The molecule has 0 saturated carbocycles. The molecule has 1 unspecified atom stereocenters. The van der Waals surface area contributed by atoms with E-state index >= 15 is 0 Å². The first kappa shape index (κ1) is 14.1. The largest absolute Gasteiger partial charge is 0.404 e. The van der Waals surface area contributed by atoms with Gasteiger partial charge in [-0.1, -0.05) is 33.3 Å². The Morgan fingerprint density at radius 3 is 2.47 bits per heavy atom. The first-order valence-electron chi connectivity index (χ1n) is 5.14. The maximum Gasteiger partial charge on any atom is 0.337 e. The molecule has 2 N–H and O–H groups in total. The van der Waals surface area contributed by atoms with Gasteiger partial charge in [-0.15, -0.1) is 0 Å². The van der Waals surface area contributed by atoms with Crippen molar-refractivity contribution in [2.45, 2.75) is 46.0 Å². The van der Waals surface area contributed by atoms with Gasteiger partial charge in [-0.2, -0.15) is 0 Å². The number of carbonyl (C=O) groups is 1. The second kappa shape index (κ2) is 5.88. The Kier molecular flexibility index (Phi) is 5.54. The van der Waals surface area contributed by atoms with Crippen molar-refractivity contribution in [3.63, 3.8) is 0 Å². The van der Waals surface area contributed by atoms with Crippen LogP contribution in [0.3, 0.4) is 0 Å². The Morgan fingerprint density at radius 1 is 1.53 bits per heavy atom. The summed E-state index contributed by atoms with van der Waals surface area (Å²) >= 11 is 0. The molecule has 0 aliphatic heterocycles. The van der Waals surface area contributed by atoms with Crippen LogP contribution >= 0.6 is 0 Å². The molecule has 0 spiro atoms. The van der Waals surface area contributed by atoms with Gasteiger partial charge in [-0.05, 0) is 13.3 Å². The van der Waals surface area contributed by atoms with Crippen molar-refractivity contribution in [3.05, 3.63) is 12.2 Å². The van der Waals surface area contributed by atoms with Crippen LogP contribution in [0.4, 0.5) is 0 Å². The SMILES string of the molecule is C=C(C)C(=O)OC(O)(O)C(C)CCCC. The van der Waals surface area contributed by atoms with Gasteiger partial charge in [-0.25, -0.2) is 4.79 Å². The molecule has 0 aliphatic carbocycles. The summed E-state index contributed by atoms with van der Waals surface area (Å²) in [5.74, 6) is -3.70. The molecule has 0 aromatic heterocycles. The molecule has 0 aliphatic rings. The van der Waals surface area contributed by atoms with Gasteiger partial charge in [0.2, 0.25) is 0 Å². The van der Waals surface area contributed by atoms with E-state index in [0.717, 1.165) is 12.8 Å². The highest BCUT2D eigenvalue weighted by Crippen LogP contribution is 2.22. The Hall–Kier alpha value is -0.870. The molecule has 4 heteroatoms. The zero-order chi connectivity index (χ0) is 12.1. The van der Waals surface area contributed by atoms with E-state index in [1.54, 1.807) is 6.92 Å². The molecule has 88 valence electrons. The highest BCUT2D eigenvalue weighted by atomic mass is 16.8. The smallest absolute Gasteiger partial charge is 0.337 e. The van der Waals surface area contributed by atoms with Crippen LogP contribution in [-0.2, 0) is 9.53 Å². The fourth-order valence-corrected chi connectivity index (χ4v) is 1.02. The third-order valence-corrected chi connectivity index (χ3v) is 2.22. The molecule has 0 radical (unpaired) electrons. The van der Waals surface area contributed by atoms with Crippen LogP contribution in [0.2, 0.25) is 0 Å². The highest BCUT2D eigenvalue weighted by molar-refractivity contribution is 5.87. The topological polar surface area (TPSA) is 66.8 Å². The summed E-state index contributed by atoms with van der Waals surface area (Å²) in [5.41, 5.74) is 0.144. The van der Waals surface area contributed by atoms with Gasteiger partial charge in [-0.3, -0.25) is 0 Å². The summed E-state index contributed by atoms with van der Waals surface area (Å²) in [6, 6.07) is 0. The third kappa shape index (κ3) is 4.95. The molecule has 1 atom stereocenters. The van der Waals surface area contributed by atoms with Crippen LogP contribution < -0.4 is 0 Å². The van der Waals surface area contributed by atoms with Crippen molar-refractivity contribution >= 4 is 5.97 Å². The molecule has 0 heterocycles. The van der Waals surface area contributed by atoms with E-state index in [4.69, 9.17) is 0 Å². The van der Waals surface area contributed by atoms with E-state index < -0.39 is 17.9 Å². The van der Waals surface area contributed by atoms with Crippen LogP contribution in [0.15, 0.2) is 12.2 Å². The lowest BCUT2D eigenvalue weighted by molar-refractivity contribution is -0.343. The third-order valence-electron chi connectivity index (χ3n) is 2.22. The Labute approximate surface area is 90.6 Å². The highest BCUT2D eigenvalue weighted by Gasteiger charge is 2.35. The van der Waals surface area contributed by atoms with E-state index in [1.165, 1.54) is 6.92 Å². The van der Waals surface area contributed by atoms with Crippen molar-refractivity contribution < 1.29 is 19.7 Å². The molecule has 0 saturated heterocycles. The maximum absolute atomic E-state index is 11.1. The minimum atomic E-state index is -2.40. The van der Waals surface area contributed by atoms with Crippen molar-refractivity contribution in [1.82, 2.24) is 0 Å². The maximum atomic E-state index is 11.1. The number of esters is 1. The average molecular weight is 216 g/mol. The van der Waals surface area contributed by atoms with Gasteiger partial charge in [0.05, 0.1) is 5.92 Å². The molecule has 0 aromatic carbocycles. The summed E-state index contributed by atoms with van der Waals surface area (Å²) in [4.78, 5) is 11.1. The number of hydrogen-bond donors (Lipinski definition) is 2. The van der Waals surface area contributed by atoms with E-state index in [1.807, 2.05) is 6.92 Å². The standard InChI is InChI=1S/C11H20O4/c1-5-6-7-9(4)11(13,14)15-10(12)8(2)3/h9,13-14H,2,5-7H2,1,3-4H3. The zero-order valence-electron chi connectivity index (χ0n) is 9.62. The van der Waals surface area contributed by atoms with Crippen LogP contribution in [0.1, 0.15) is 40.0 Å². The predicted molar refractivity (Wildman–Crippen MR) is 56.8 cm³/mol. The van der Waals surface area contributed by atoms with Gasteiger partial charge >= 0.3 is 11.9 Å². The summed E-state index contributed by atoms with van der Waals surface area (Å²) in [5, 5.41) is 19.0. The molecule has 0 aromatic rings. The van der Waals surface area contributed by atoms with Crippen LogP contribution in [-0.4, -0.2) is 22.2 Å². The van der Waals surface area contributed by atoms with Crippen molar-refractivity contribution in [2.75, 3.05) is 0 Å².